The molecule has 2 aromatic rings. The Labute approximate surface area is 145 Å². The molecular formula is C18H20N2O5. The van der Waals surface area contributed by atoms with Crippen LogP contribution in [-0.4, -0.2) is 24.1 Å². The molecule has 7 nitrogen and oxygen atoms in total. The summed E-state index contributed by atoms with van der Waals surface area (Å²) < 4.78 is 16.5. The summed E-state index contributed by atoms with van der Waals surface area (Å²) >= 11 is 0. The van der Waals surface area contributed by atoms with Crippen LogP contribution in [0.3, 0.4) is 0 Å². The molecule has 0 bridgehead atoms. The van der Waals surface area contributed by atoms with E-state index in [4.69, 9.17) is 13.9 Å². The van der Waals surface area contributed by atoms with Crippen molar-refractivity contribution in [2.24, 2.45) is 0 Å². The van der Waals surface area contributed by atoms with Gasteiger partial charge >= 0.3 is 6.03 Å². The van der Waals surface area contributed by atoms with E-state index in [9.17, 15) is 9.59 Å². The lowest BCUT2D eigenvalue weighted by atomic mass is 10.0. The molecule has 25 heavy (non-hydrogen) atoms. The average Bonchev–Trinajstić information content (AvgIpc) is 3.16. The maximum atomic E-state index is 11.9. The number of amides is 3. The third-order valence-corrected chi connectivity index (χ3v) is 3.67. The summed E-state index contributed by atoms with van der Waals surface area (Å²) in [7, 11) is 0. The van der Waals surface area contributed by atoms with Crippen molar-refractivity contribution in [1.29, 1.82) is 0 Å². The van der Waals surface area contributed by atoms with Gasteiger partial charge < -0.3 is 19.2 Å². The van der Waals surface area contributed by atoms with Gasteiger partial charge in [-0.1, -0.05) is 12.1 Å². The molecule has 3 amide bonds. The lowest BCUT2D eigenvalue weighted by molar-refractivity contribution is -0.122. The highest BCUT2D eigenvalue weighted by atomic mass is 16.5. The summed E-state index contributed by atoms with van der Waals surface area (Å²) in [6.07, 6.45) is 2.29. The van der Waals surface area contributed by atoms with Crippen molar-refractivity contribution >= 4 is 11.9 Å². The fraction of sp³-hybridized carbons (Fsp3) is 0.333. The van der Waals surface area contributed by atoms with E-state index in [-0.39, 0.29) is 18.8 Å². The van der Waals surface area contributed by atoms with Gasteiger partial charge in [0.15, 0.2) is 18.1 Å². The van der Waals surface area contributed by atoms with Crippen LogP contribution in [0.4, 0.5) is 4.79 Å². The number of imide groups is 1. The van der Waals surface area contributed by atoms with E-state index in [1.165, 1.54) is 6.26 Å². The molecule has 0 atom stereocenters. The quantitative estimate of drug-likeness (QED) is 0.869. The SMILES string of the molecule is CC1(C)Cc2cccc(OCC(=O)NC(=O)NCc3ccco3)c2O1. The minimum atomic E-state index is -0.610. The molecule has 0 radical (unpaired) electrons. The molecule has 3 rings (SSSR count). The molecule has 0 unspecified atom stereocenters. The Hall–Kier alpha value is -2.96. The topological polar surface area (TPSA) is 89.8 Å². The van der Waals surface area contributed by atoms with Crippen molar-refractivity contribution in [3.8, 4) is 11.5 Å². The first kappa shape index (κ1) is 16.9. The standard InChI is InChI=1S/C18H20N2O5/c1-18(2)9-12-5-3-7-14(16(12)25-18)24-11-15(21)20-17(22)19-10-13-6-4-8-23-13/h3-8H,9-11H2,1-2H3,(H2,19,20,21,22). The third-order valence-electron chi connectivity index (χ3n) is 3.67. The van der Waals surface area contributed by atoms with Crippen LogP contribution >= 0.6 is 0 Å². The third kappa shape index (κ3) is 4.32. The highest BCUT2D eigenvalue weighted by Gasteiger charge is 2.32. The van der Waals surface area contributed by atoms with E-state index in [1.807, 2.05) is 26.0 Å². The molecule has 7 heteroatoms. The number of furan rings is 1. The number of benzene rings is 1. The van der Waals surface area contributed by atoms with Gasteiger partial charge in [0, 0.05) is 12.0 Å². The lowest BCUT2D eigenvalue weighted by Crippen LogP contribution is -2.41. The molecule has 0 spiro atoms. The average molecular weight is 344 g/mol. The normalized spacial score (nSPS) is 14.3. The van der Waals surface area contributed by atoms with Crippen molar-refractivity contribution in [3.05, 3.63) is 47.9 Å². The molecule has 2 N–H and O–H groups in total. The molecule has 132 valence electrons. The minimum Gasteiger partial charge on any atom is -0.483 e. The van der Waals surface area contributed by atoms with Gasteiger partial charge in [-0.3, -0.25) is 10.1 Å². The predicted octanol–water partition coefficient (Wildman–Crippen LogP) is 2.40. The van der Waals surface area contributed by atoms with E-state index in [1.54, 1.807) is 18.2 Å². The summed E-state index contributed by atoms with van der Waals surface area (Å²) in [6.45, 7) is 3.90. The van der Waals surface area contributed by atoms with Gasteiger partial charge in [0.1, 0.15) is 11.4 Å². The van der Waals surface area contributed by atoms with E-state index in [0.29, 0.717) is 17.3 Å². The number of hydrogen-bond acceptors (Lipinski definition) is 5. The van der Waals surface area contributed by atoms with Gasteiger partial charge in [0.2, 0.25) is 0 Å². The highest BCUT2D eigenvalue weighted by molar-refractivity contribution is 5.95. The molecule has 2 heterocycles. The zero-order valence-corrected chi connectivity index (χ0v) is 14.1. The van der Waals surface area contributed by atoms with Crippen LogP contribution < -0.4 is 20.1 Å². The van der Waals surface area contributed by atoms with E-state index < -0.39 is 11.9 Å². The molecule has 0 saturated carbocycles. The summed E-state index contributed by atoms with van der Waals surface area (Å²) in [5.74, 6) is 1.20. The second-order valence-corrected chi connectivity index (χ2v) is 6.38. The van der Waals surface area contributed by atoms with Crippen molar-refractivity contribution < 1.29 is 23.5 Å². The molecule has 1 aliphatic heterocycles. The molecule has 1 aliphatic rings. The Balaban J connectivity index is 1.48. The molecule has 0 fully saturated rings. The number of ether oxygens (including phenoxy) is 2. The zero-order chi connectivity index (χ0) is 17.9. The molecule has 0 saturated heterocycles. The van der Waals surface area contributed by atoms with Crippen molar-refractivity contribution in [1.82, 2.24) is 10.6 Å². The Morgan fingerprint density at radius 3 is 2.84 bits per heavy atom. The maximum Gasteiger partial charge on any atom is 0.321 e. The Kier molecular flexibility index (Phi) is 4.65. The smallest absolute Gasteiger partial charge is 0.321 e. The van der Waals surface area contributed by atoms with Crippen LogP contribution in [0.5, 0.6) is 11.5 Å². The first-order chi connectivity index (χ1) is 11.9. The van der Waals surface area contributed by atoms with Crippen molar-refractivity contribution in [2.45, 2.75) is 32.4 Å². The summed E-state index contributed by atoms with van der Waals surface area (Å²) in [4.78, 5) is 23.5. The largest absolute Gasteiger partial charge is 0.483 e. The first-order valence-corrected chi connectivity index (χ1v) is 7.97. The van der Waals surface area contributed by atoms with Crippen molar-refractivity contribution in [3.63, 3.8) is 0 Å². The van der Waals surface area contributed by atoms with E-state index in [2.05, 4.69) is 10.6 Å². The number of carbonyl (C=O) groups is 2. The number of hydrogen-bond donors (Lipinski definition) is 2. The second-order valence-electron chi connectivity index (χ2n) is 6.38. The van der Waals surface area contributed by atoms with Crippen LogP contribution in [0.2, 0.25) is 0 Å². The van der Waals surface area contributed by atoms with Gasteiger partial charge in [-0.15, -0.1) is 0 Å². The van der Waals surface area contributed by atoms with Crippen LogP contribution in [0, 0.1) is 0 Å². The van der Waals surface area contributed by atoms with Gasteiger partial charge in [-0.2, -0.15) is 0 Å². The van der Waals surface area contributed by atoms with Crippen LogP contribution in [0.1, 0.15) is 25.2 Å². The maximum absolute atomic E-state index is 11.9. The van der Waals surface area contributed by atoms with Gasteiger partial charge in [-0.05, 0) is 32.0 Å². The fourth-order valence-electron chi connectivity index (χ4n) is 2.63. The van der Waals surface area contributed by atoms with E-state index >= 15 is 0 Å². The Morgan fingerprint density at radius 2 is 2.08 bits per heavy atom. The number of urea groups is 1. The second kappa shape index (κ2) is 6.88. The number of carbonyl (C=O) groups excluding carboxylic acids is 2. The number of rotatable bonds is 5. The zero-order valence-electron chi connectivity index (χ0n) is 14.1. The molecule has 1 aromatic carbocycles. The van der Waals surface area contributed by atoms with Gasteiger partial charge in [-0.25, -0.2) is 4.79 Å². The molecule has 1 aromatic heterocycles. The molecule has 0 aliphatic carbocycles. The predicted molar refractivity (Wildman–Crippen MR) is 89.4 cm³/mol. The van der Waals surface area contributed by atoms with Crippen molar-refractivity contribution in [2.75, 3.05) is 6.61 Å². The number of fused-ring (bicyclic) bond motifs is 1. The van der Waals surface area contributed by atoms with Crippen LogP contribution in [-0.2, 0) is 17.8 Å². The Morgan fingerprint density at radius 1 is 1.24 bits per heavy atom. The summed E-state index contributed by atoms with van der Waals surface area (Å²) in [5, 5.41) is 4.72. The minimum absolute atomic E-state index is 0.197. The van der Waals surface area contributed by atoms with Gasteiger partial charge in [0.05, 0.1) is 12.8 Å². The molecular weight excluding hydrogens is 324 g/mol. The van der Waals surface area contributed by atoms with Crippen LogP contribution in [0.15, 0.2) is 41.0 Å². The monoisotopic (exact) mass is 344 g/mol. The lowest BCUT2D eigenvalue weighted by Gasteiger charge is -2.18. The van der Waals surface area contributed by atoms with E-state index in [0.717, 1.165) is 12.0 Å². The fourth-order valence-corrected chi connectivity index (χ4v) is 2.63. The first-order valence-electron chi connectivity index (χ1n) is 7.97. The number of para-hydroxylation sites is 1. The van der Waals surface area contributed by atoms with Crippen LogP contribution in [0.25, 0.3) is 0 Å². The Bertz CT molecular complexity index is 768. The van der Waals surface area contributed by atoms with Gasteiger partial charge in [0.25, 0.3) is 5.91 Å². The summed E-state index contributed by atoms with van der Waals surface area (Å²) in [5.41, 5.74) is 0.745. The highest BCUT2D eigenvalue weighted by Crippen LogP contribution is 2.41. The number of nitrogens with one attached hydrogen (secondary N) is 2. The summed E-state index contributed by atoms with van der Waals surface area (Å²) in [6, 6.07) is 8.40.